The lowest BCUT2D eigenvalue weighted by Crippen LogP contribution is -2.32. The number of methoxy groups -OCH3 is 3. The fraction of sp³-hybridized carbons (Fsp3) is 0.273. The molecule has 1 aliphatic rings. The first-order chi connectivity index (χ1) is 14.4. The zero-order chi connectivity index (χ0) is 21.8. The minimum atomic E-state index is -0.864. The third-order valence-electron chi connectivity index (χ3n) is 4.96. The van der Waals surface area contributed by atoms with E-state index in [1.54, 1.807) is 30.3 Å². The maximum atomic E-state index is 12.9. The van der Waals surface area contributed by atoms with E-state index in [0.717, 1.165) is 0 Å². The molecule has 0 spiro atoms. The van der Waals surface area contributed by atoms with Crippen molar-refractivity contribution < 1.29 is 34.0 Å². The van der Waals surface area contributed by atoms with Gasteiger partial charge in [0.1, 0.15) is 11.5 Å². The Bertz CT molecular complexity index is 981. The summed E-state index contributed by atoms with van der Waals surface area (Å²) in [6, 6.07) is 10.2. The first-order valence-corrected chi connectivity index (χ1v) is 9.21. The van der Waals surface area contributed by atoms with Crippen molar-refractivity contribution in [3.05, 3.63) is 59.2 Å². The van der Waals surface area contributed by atoms with Crippen LogP contribution in [0.5, 0.6) is 17.2 Å². The summed E-state index contributed by atoms with van der Waals surface area (Å²) in [5, 5.41) is 20.9. The van der Waals surface area contributed by atoms with E-state index in [0.29, 0.717) is 16.9 Å². The lowest BCUT2D eigenvalue weighted by molar-refractivity contribution is -0.140. The lowest BCUT2D eigenvalue weighted by Gasteiger charge is -2.25. The van der Waals surface area contributed by atoms with Crippen LogP contribution in [-0.4, -0.2) is 61.3 Å². The number of carbonyl (C=O) groups excluding carboxylic acids is 2. The predicted molar refractivity (Wildman–Crippen MR) is 109 cm³/mol. The zero-order valence-corrected chi connectivity index (χ0v) is 16.9. The number of ketones is 1. The minimum absolute atomic E-state index is 0.0472. The second-order valence-electron chi connectivity index (χ2n) is 6.65. The highest BCUT2D eigenvalue weighted by atomic mass is 16.5. The first-order valence-electron chi connectivity index (χ1n) is 9.21. The van der Waals surface area contributed by atoms with E-state index in [4.69, 9.17) is 14.2 Å². The second kappa shape index (κ2) is 8.87. The van der Waals surface area contributed by atoms with E-state index >= 15 is 0 Å². The van der Waals surface area contributed by atoms with Gasteiger partial charge in [-0.15, -0.1) is 0 Å². The van der Waals surface area contributed by atoms with E-state index in [2.05, 4.69) is 0 Å². The van der Waals surface area contributed by atoms with Crippen LogP contribution in [0.2, 0.25) is 0 Å². The number of hydrogen-bond acceptors (Lipinski definition) is 7. The Morgan fingerprint density at radius 1 is 1.03 bits per heavy atom. The first kappa shape index (κ1) is 21.2. The van der Waals surface area contributed by atoms with Gasteiger partial charge in [0, 0.05) is 19.2 Å². The Kier molecular flexibility index (Phi) is 6.27. The summed E-state index contributed by atoms with van der Waals surface area (Å²) in [6.45, 7) is 0.357. The molecule has 1 amide bonds. The third-order valence-corrected chi connectivity index (χ3v) is 4.96. The molecule has 1 saturated heterocycles. The molecule has 2 N–H and O–H groups in total. The number of aromatic hydroxyl groups is 1. The molecule has 1 aliphatic heterocycles. The SMILES string of the molecule is COCCN1C(=O)C(=O)/C(=C(/O)c2ccc(OC)cc2)[C@@H]1c1ccc(O)c(OC)c1. The number of benzene rings is 2. The van der Waals surface area contributed by atoms with Crippen LogP contribution in [0, 0.1) is 0 Å². The Hall–Kier alpha value is -3.52. The van der Waals surface area contributed by atoms with Crippen molar-refractivity contribution in [1.82, 2.24) is 4.90 Å². The van der Waals surface area contributed by atoms with Crippen LogP contribution < -0.4 is 9.47 Å². The molecular formula is C22H23NO7. The molecule has 1 heterocycles. The quantitative estimate of drug-likeness (QED) is 0.408. The van der Waals surface area contributed by atoms with Crippen molar-refractivity contribution in [3.8, 4) is 17.2 Å². The molecule has 0 bridgehead atoms. The topological polar surface area (TPSA) is 106 Å². The number of nitrogens with zero attached hydrogens (tertiary/aromatic N) is 1. The van der Waals surface area contributed by atoms with Gasteiger partial charge in [0.25, 0.3) is 11.7 Å². The lowest BCUT2D eigenvalue weighted by atomic mass is 9.95. The van der Waals surface area contributed by atoms with Crippen molar-refractivity contribution in [3.63, 3.8) is 0 Å². The van der Waals surface area contributed by atoms with Crippen LogP contribution >= 0.6 is 0 Å². The molecule has 2 aromatic carbocycles. The molecule has 1 fully saturated rings. The highest BCUT2D eigenvalue weighted by Crippen LogP contribution is 2.41. The standard InChI is InChI=1S/C22H23NO7/c1-28-11-10-23-19(14-6-9-16(24)17(12-14)30-3)18(21(26)22(23)27)20(25)13-4-7-15(29-2)8-5-13/h4-9,12,19,24-25H,10-11H2,1-3H3/b20-18+/t19-/m0/s1. The number of ether oxygens (including phenoxy) is 3. The van der Waals surface area contributed by atoms with E-state index in [1.807, 2.05) is 0 Å². The Morgan fingerprint density at radius 3 is 2.33 bits per heavy atom. The van der Waals surface area contributed by atoms with Gasteiger partial charge in [-0.2, -0.15) is 0 Å². The number of carbonyl (C=O) groups is 2. The normalized spacial score (nSPS) is 18.0. The van der Waals surface area contributed by atoms with Gasteiger partial charge in [-0.3, -0.25) is 9.59 Å². The molecule has 0 radical (unpaired) electrons. The number of phenolic OH excluding ortho intramolecular Hbond substituents is 1. The number of likely N-dealkylation sites (tertiary alicyclic amines) is 1. The van der Waals surface area contributed by atoms with Gasteiger partial charge in [-0.25, -0.2) is 0 Å². The van der Waals surface area contributed by atoms with E-state index in [9.17, 15) is 19.8 Å². The number of hydrogen-bond donors (Lipinski definition) is 2. The maximum absolute atomic E-state index is 12.9. The van der Waals surface area contributed by atoms with Gasteiger partial charge in [-0.1, -0.05) is 6.07 Å². The molecule has 3 rings (SSSR count). The van der Waals surface area contributed by atoms with Crippen molar-refractivity contribution in [1.29, 1.82) is 0 Å². The average Bonchev–Trinajstić information content (AvgIpc) is 3.02. The molecule has 0 saturated carbocycles. The highest BCUT2D eigenvalue weighted by Gasteiger charge is 2.46. The Balaban J connectivity index is 2.16. The van der Waals surface area contributed by atoms with Crippen molar-refractivity contribution in [2.45, 2.75) is 6.04 Å². The van der Waals surface area contributed by atoms with Crippen LogP contribution in [0.3, 0.4) is 0 Å². The van der Waals surface area contributed by atoms with Gasteiger partial charge < -0.3 is 29.3 Å². The van der Waals surface area contributed by atoms with E-state index in [1.165, 1.54) is 38.4 Å². The Morgan fingerprint density at radius 2 is 1.73 bits per heavy atom. The summed E-state index contributed by atoms with van der Waals surface area (Å²) in [7, 11) is 4.42. The van der Waals surface area contributed by atoms with Gasteiger partial charge >= 0.3 is 0 Å². The van der Waals surface area contributed by atoms with Gasteiger partial charge in [0.2, 0.25) is 0 Å². The van der Waals surface area contributed by atoms with Crippen LogP contribution in [0.15, 0.2) is 48.0 Å². The van der Waals surface area contributed by atoms with Crippen molar-refractivity contribution in [2.24, 2.45) is 0 Å². The number of aliphatic hydroxyl groups is 1. The monoisotopic (exact) mass is 413 g/mol. The molecule has 0 unspecified atom stereocenters. The van der Waals surface area contributed by atoms with Crippen LogP contribution in [0.25, 0.3) is 5.76 Å². The molecule has 158 valence electrons. The number of rotatable bonds is 7. The van der Waals surface area contributed by atoms with Crippen LogP contribution in [-0.2, 0) is 14.3 Å². The molecule has 0 aliphatic carbocycles. The van der Waals surface area contributed by atoms with Gasteiger partial charge in [-0.05, 0) is 42.0 Å². The highest BCUT2D eigenvalue weighted by molar-refractivity contribution is 6.46. The average molecular weight is 413 g/mol. The number of phenols is 1. The van der Waals surface area contributed by atoms with Gasteiger partial charge in [0.15, 0.2) is 11.5 Å². The number of aliphatic hydroxyl groups excluding tert-OH is 1. The second-order valence-corrected chi connectivity index (χ2v) is 6.65. The van der Waals surface area contributed by atoms with Crippen LogP contribution in [0.4, 0.5) is 0 Å². The minimum Gasteiger partial charge on any atom is -0.507 e. The summed E-state index contributed by atoms with van der Waals surface area (Å²) >= 11 is 0. The smallest absolute Gasteiger partial charge is 0.295 e. The Labute approximate surface area is 173 Å². The summed E-state index contributed by atoms with van der Waals surface area (Å²) in [4.78, 5) is 26.9. The molecule has 30 heavy (non-hydrogen) atoms. The number of amides is 1. The van der Waals surface area contributed by atoms with E-state index < -0.39 is 17.7 Å². The van der Waals surface area contributed by atoms with Crippen molar-refractivity contribution >= 4 is 17.4 Å². The molecular weight excluding hydrogens is 390 g/mol. The number of Topliss-reactive ketones (excluding diaryl/α,β-unsaturated/α-hetero) is 1. The largest absolute Gasteiger partial charge is 0.507 e. The van der Waals surface area contributed by atoms with Crippen molar-refractivity contribution in [2.75, 3.05) is 34.5 Å². The molecule has 8 nitrogen and oxygen atoms in total. The molecule has 1 atom stereocenters. The van der Waals surface area contributed by atoms with Crippen LogP contribution in [0.1, 0.15) is 17.2 Å². The summed E-state index contributed by atoms with van der Waals surface area (Å²) in [5.41, 5.74) is 0.834. The molecule has 2 aromatic rings. The fourth-order valence-electron chi connectivity index (χ4n) is 3.42. The van der Waals surface area contributed by atoms with Gasteiger partial charge in [0.05, 0.1) is 32.4 Å². The summed E-state index contributed by atoms with van der Waals surface area (Å²) < 4.78 is 15.4. The van der Waals surface area contributed by atoms with E-state index in [-0.39, 0.29) is 36.0 Å². The third kappa shape index (κ3) is 3.81. The molecule has 8 heteroatoms. The fourth-order valence-corrected chi connectivity index (χ4v) is 3.42. The maximum Gasteiger partial charge on any atom is 0.295 e. The molecule has 0 aromatic heterocycles. The zero-order valence-electron chi connectivity index (χ0n) is 16.9. The summed E-state index contributed by atoms with van der Waals surface area (Å²) in [5.74, 6) is -1.13. The summed E-state index contributed by atoms with van der Waals surface area (Å²) in [6.07, 6.45) is 0. The predicted octanol–water partition coefficient (Wildman–Crippen LogP) is 2.48.